The molecule has 0 heterocycles. The van der Waals surface area contributed by atoms with E-state index in [1.54, 1.807) is 0 Å². The van der Waals surface area contributed by atoms with Gasteiger partial charge in [-0.1, -0.05) is 33.1 Å². The number of rotatable bonds is 4. The lowest BCUT2D eigenvalue weighted by atomic mass is 9.95. The van der Waals surface area contributed by atoms with Crippen molar-refractivity contribution in [2.45, 2.75) is 58.4 Å². The minimum Gasteiger partial charge on any atom is -0.481 e. The predicted octanol–water partition coefficient (Wildman–Crippen LogP) is 2.37. The fourth-order valence-electron chi connectivity index (χ4n) is 3.14. The Bertz CT molecular complexity index is 381. The summed E-state index contributed by atoms with van der Waals surface area (Å²) in [5, 5.41) is 15.0. The summed E-state index contributed by atoms with van der Waals surface area (Å²) in [7, 11) is 0. The summed E-state index contributed by atoms with van der Waals surface area (Å²) in [4.78, 5) is 23.2. The maximum absolute atomic E-state index is 11.9. The van der Waals surface area contributed by atoms with Crippen LogP contribution in [0.25, 0.3) is 0 Å². The van der Waals surface area contributed by atoms with Crippen molar-refractivity contribution in [2.24, 2.45) is 17.3 Å². The highest BCUT2D eigenvalue weighted by molar-refractivity contribution is 5.76. The SMILES string of the molecule is CC1(C)CC1CNC(=O)NC1CCCCCC1C(=O)O. The number of aliphatic carboxylic acids is 1. The largest absolute Gasteiger partial charge is 0.481 e. The number of carbonyl (C=O) groups is 2. The van der Waals surface area contributed by atoms with Crippen LogP contribution < -0.4 is 10.6 Å². The molecule has 0 radical (unpaired) electrons. The second-order valence-electron chi connectivity index (χ2n) is 6.93. The third-order valence-electron chi connectivity index (χ3n) is 4.88. The Labute approximate surface area is 120 Å². The van der Waals surface area contributed by atoms with E-state index >= 15 is 0 Å². The van der Waals surface area contributed by atoms with Gasteiger partial charge in [-0.05, 0) is 30.6 Å². The number of urea groups is 1. The van der Waals surface area contributed by atoms with Crippen LogP contribution >= 0.6 is 0 Å². The normalized spacial score (nSPS) is 32.0. The van der Waals surface area contributed by atoms with Gasteiger partial charge in [0.1, 0.15) is 0 Å². The number of hydrogen-bond donors (Lipinski definition) is 3. The number of carboxylic acids is 1. The van der Waals surface area contributed by atoms with E-state index in [4.69, 9.17) is 0 Å². The van der Waals surface area contributed by atoms with Gasteiger partial charge in [0.15, 0.2) is 0 Å². The van der Waals surface area contributed by atoms with E-state index in [0.29, 0.717) is 24.3 Å². The Morgan fingerprint density at radius 3 is 2.45 bits per heavy atom. The van der Waals surface area contributed by atoms with E-state index in [9.17, 15) is 14.7 Å². The third kappa shape index (κ3) is 3.87. The van der Waals surface area contributed by atoms with Crippen molar-refractivity contribution in [1.82, 2.24) is 10.6 Å². The summed E-state index contributed by atoms with van der Waals surface area (Å²) in [5.74, 6) is -0.682. The van der Waals surface area contributed by atoms with Crippen LogP contribution in [-0.2, 0) is 4.79 Å². The Hall–Kier alpha value is -1.26. The minimum absolute atomic E-state index is 0.217. The van der Waals surface area contributed by atoms with Crippen LogP contribution in [0.3, 0.4) is 0 Å². The molecule has 2 fully saturated rings. The molecule has 3 atom stereocenters. The number of nitrogens with one attached hydrogen (secondary N) is 2. The van der Waals surface area contributed by atoms with Gasteiger partial charge >= 0.3 is 12.0 Å². The van der Waals surface area contributed by atoms with Gasteiger partial charge in [-0.3, -0.25) is 4.79 Å². The summed E-state index contributed by atoms with van der Waals surface area (Å²) < 4.78 is 0. The predicted molar refractivity (Wildman–Crippen MR) is 76.4 cm³/mol. The van der Waals surface area contributed by atoms with Gasteiger partial charge in [0.05, 0.1) is 5.92 Å². The topological polar surface area (TPSA) is 78.4 Å². The fraction of sp³-hybridized carbons (Fsp3) is 0.867. The van der Waals surface area contributed by atoms with Crippen molar-refractivity contribution in [3.05, 3.63) is 0 Å². The van der Waals surface area contributed by atoms with Crippen LogP contribution in [0, 0.1) is 17.3 Å². The molecule has 0 aliphatic heterocycles. The zero-order valence-electron chi connectivity index (χ0n) is 12.4. The highest BCUT2D eigenvalue weighted by Crippen LogP contribution is 2.50. The number of carbonyl (C=O) groups excluding carboxylic acids is 1. The van der Waals surface area contributed by atoms with E-state index in [0.717, 1.165) is 32.1 Å². The lowest BCUT2D eigenvalue weighted by Gasteiger charge is -2.23. The van der Waals surface area contributed by atoms with Crippen LogP contribution in [0.1, 0.15) is 52.4 Å². The maximum atomic E-state index is 11.9. The summed E-state index contributed by atoms with van der Waals surface area (Å²) in [5.41, 5.74) is 0.346. The summed E-state index contributed by atoms with van der Waals surface area (Å²) in [6.07, 6.45) is 5.56. The van der Waals surface area contributed by atoms with Crippen LogP contribution in [0.15, 0.2) is 0 Å². The van der Waals surface area contributed by atoms with Crippen LogP contribution in [-0.4, -0.2) is 29.7 Å². The molecule has 0 saturated heterocycles. The first-order chi connectivity index (χ1) is 9.40. The standard InChI is InChI=1S/C15H26N2O3/c1-15(2)8-10(15)9-16-14(20)17-12-7-5-3-4-6-11(12)13(18)19/h10-12H,3-9H2,1-2H3,(H,18,19)(H2,16,17,20). The monoisotopic (exact) mass is 282 g/mol. The lowest BCUT2D eigenvalue weighted by molar-refractivity contribution is -0.142. The lowest BCUT2D eigenvalue weighted by Crippen LogP contribution is -2.47. The molecule has 2 aliphatic rings. The average Bonchev–Trinajstić information content (AvgIpc) is 3.03. The molecule has 20 heavy (non-hydrogen) atoms. The summed E-state index contributed by atoms with van der Waals surface area (Å²) in [6.45, 7) is 5.08. The van der Waals surface area contributed by atoms with Crippen molar-refractivity contribution < 1.29 is 14.7 Å². The second-order valence-corrected chi connectivity index (χ2v) is 6.93. The molecule has 0 spiro atoms. The molecule has 2 amide bonds. The summed E-state index contributed by atoms with van der Waals surface area (Å²) >= 11 is 0. The van der Waals surface area contributed by atoms with Crippen molar-refractivity contribution in [1.29, 1.82) is 0 Å². The summed E-state index contributed by atoms with van der Waals surface area (Å²) in [6, 6.07) is -0.451. The molecule has 3 unspecified atom stereocenters. The Morgan fingerprint density at radius 1 is 1.20 bits per heavy atom. The van der Waals surface area contributed by atoms with Crippen LogP contribution in [0.4, 0.5) is 4.79 Å². The van der Waals surface area contributed by atoms with E-state index in [2.05, 4.69) is 24.5 Å². The van der Waals surface area contributed by atoms with Crippen molar-refractivity contribution >= 4 is 12.0 Å². The van der Waals surface area contributed by atoms with Gasteiger partial charge in [-0.15, -0.1) is 0 Å². The van der Waals surface area contributed by atoms with E-state index < -0.39 is 11.9 Å². The smallest absolute Gasteiger partial charge is 0.315 e. The second kappa shape index (κ2) is 6.02. The van der Waals surface area contributed by atoms with Gasteiger partial charge in [0.2, 0.25) is 0 Å². The Kier molecular flexibility index (Phi) is 4.55. The van der Waals surface area contributed by atoms with Crippen LogP contribution in [0.2, 0.25) is 0 Å². The first-order valence-electron chi connectivity index (χ1n) is 7.67. The first-order valence-corrected chi connectivity index (χ1v) is 7.67. The maximum Gasteiger partial charge on any atom is 0.315 e. The van der Waals surface area contributed by atoms with E-state index in [-0.39, 0.29) is 12.1 Å². The molecule has 0 aromatic heterocycles. The van der Waals surface area contributed by atoms with Gasteiger partial charge in [0.25, 0.3) is 0 Å². The molecule has 2 rings (SSSR count). The highest BCUT2D eigenvalue weighted by atomic mass is 16.4. The van der Waals surface area contributed by atoms with Crippen molar-refractivity contribution in [3.63, 3.8) is 0 Å². The molecule has 5 nitrogen and oxygen atoms in total. The van der Waals surface area contributed by atoms with E-state index in [1.165, 1.54) is 0 Å². The molecule has 0 bridgehead atoms. The zero-order valence-corrected chi connectivity index (χ0v) is 12.4. The van der Waals surface area contributed by atoms with Gasteiger partial charge in [-0.25, -0.2) is 4.79 Å². The quantitative estimate of drug-likeness (QED) is 0.693. The molecule has 0 aromatic carbocycles. The number of hydrogen-bond acceptors (Lipinski definition) is 2. The Balaban J connectivity index is 1.80. The first kappa shape index (κ1) is 15.1. The molecule has 2 aliphatic carbocycles. The van der Waals surface area contributed by atoms with Crippen LogP contribution in [0.5, 0.6) is 0 Å². The van der Waals surface area contributed by atoms with Gasteiger partial charge in [-0.2, -0.15) is 0 Å². The third-order valence-corrected chi connectivity index (χ3v) is 4.88. The number of amides is 2. The average molecular weight is 282 g/mol. The van der Waals surface area contributed by atoms with Crippen molar-refractivity contribution in [2.75, 3.05) is 6.54 Å². The zero-order chi connectivity index (χ0) is 14.8. The van der Waals surface area contributed by atoms with Gasteiger partial charge in [0, 0.05) is 12.6 Å². The highest BCUT2D eigenvalue weighted by Gasteiger charge is 2.45. The molecular formula is C15H26N2O3. The molecular weight excluding hydrogens is 256 g/mol. The van der Waals surface area contributed by atoms with E-state index in [1.807, 2.05) is 0 Å². The fourth-order valence-corrected chi connectivity index (χ4v) is 3.14. The molecule has 2 saturated carbocycles. The van der Waals surface area contributed by atoms with Gasteiger partial charge < -0.3 is 15.7 Å². The molecule has 0 aromatic rings. The molecule has 3 N–H and O–H groups in total. The number of carboxylic acid groups (broad SMARTS) is 1. The molecule has 114 valence electrons. The minimum atomic E-state index is -0.791. The Morgan fingerprint density at radius 2 is 1.85 bits per heavy atom. The van der Waals surface area contributed by atoms with Crippen molar-refractivity contribution in [3.8, 4) is 0 Å². The molecule has 5 heteroatoms.